The largest absolute Gasteiger partial charge is 0.495 e. The Kier molecular flexibility index (Phi) is 5.26. The molecule has 0 aliphatic carbocycles. The number of carbonyl (C=O) groups excluding carboxylic acids is 2. The van der Waals surface area contributed by atoms with Crippen molar-refractivity contribution in [2.75, 3.05) is 19.5 Å². The number of anilines is 1. The maximum absolute atomic E-state index is 13.7. The van der Waals surface area contributed by atoms with Crippen LogP contribution in [0.3, 0.4) is 0 Å². The number of hydrogen-bond acceptors (Lipinski definition) is 3. The second kappa shape index (κ2) is 7.20. The number of rotatable bonds is 4. The lowest BCUT2D eigenvalue weighted by Gasteiger charge is -2.12. The van der Waals surface area contributed by atoms with Crippen LogP contribution < -0.4 is 15.4 Å². The van der Waals surface area contributed by atoms with E-state index in [2.05, 4.69) is 10.6 Å². The van der Waals surface area contributed by atoms with Gasteiger partial charge in [0.2, 0.25) is 0 Å². The molecule has 0 bridgehead atoms. The van der Waals surface area contributed by atoms with Crippen molar-refractivity contribution < 1.29 is 31.9 Å². The lowest BCUT2D eigenvalue weighted by atomic mass is 10.1. The molecule has 0 saturated carbocycles. The number of nitrogens with one attached hydrogen (secondary N) is 2. The average molecular weight is 356 g/mol. The highest BCUT2D eigenvalue weighted by atomic mass is 19.2. The minimum Gasteiger partial charge on any atom is -0.495 e. The lowest BCUT2D eigenvalue weighted by molar-refractivity contribution is 0.0961. The monoisotopic (exact) mass is 356 g/mol. The van der Waals surface area contributed by atoms with Crippen LogP contribution in [0.5, 0.6) is 5.75 Å². The van der Waals surface area contributed by atoms with Crippen molar-refractivity contribution in [3.05, 3.63) is 58.7 Å². The average Bonchev–Trinajstić information content (AvgIpc) is 2.62. The van der Waals surface area contributed by atoms with E-state index in [1.54, 1.807) is 0 Å². The van der Waals surface area contributed by atoms with Gasteiger partial charge in [0.25, 0.3) is 11.8 Å². The second-order valence-corrected chi connectivity index (χ2v) is 4.80. The molecule has 0 radical (unpaired) electrons. The van der Waals surface area contributed by atoms with Crippen molar-refractivity contribution in [1.29, 1.82) is 0 Å². The Morgan fingerprint density at radius 3 is 2.24 bits per heavy atom. The molecule has 2 amide bonds. The summed E-state index contributed by atoms with van der Waals surface area (Å²) in [7, 11) is 2.67. The number of methoxy groups -OCH3 is 1. The van der Waals surface area contributed by atoms with E-state index in [0.717, 1.165) is 0 Å². The van der Waals surface area contributed by atoms with E-state index in [1.165, 1.54) is 32.4 Å². The van der Waals surface area contributed by atoms with Gasteiger partial charge in [0.15, 0.2) is 23.3 Å². The van der Waals surface area contributed by atoms with E-state index in [-0.39, 0.29) is 23.1 Å². The summed E-state index contributed by atoms with van der Waals surface area (Å²) in [4.78, 5) is 23.7. The Balaban J connectivity index is 2.43. The summed E-state index contributed by atoms with van der Waals surface area (Å²) in [5.74, 6) is -9.27. The Hall–Kier alpha value is -3.10. The first kappa shape index (κ1) is 18.2. The van der Waals surface area contributed by atoms with Gasteiger partial charge in [0, 0.05) is 12.6 Å². The molecule has 2 rings (SSSR count). The van der Waals surface area contributed by atoms with Crippen molar-refractivity contribution in [3.63, 3.8) is 0 Å². The third kappa shape index (κ3) is 3.54. The van der Waals surface area contributed by atoms with Crippen LogP contribution in [0.2, 0.25) is 0 Å². The summed E-state index contributed by atoms with van der Waals surface area (Å²) in [6, 6.07) is 4.23. The SMILES string of the molecule is CNC(=O)c1ccc(OC)c(NC(=O)c2cc(F)c(F)c(F)c2F)c1. The van der Waals surface area contributed by atoms with Gasteiger partial charge >= 0.3 is 0 Å². The minimum absolute atomic E-state index is 0.0434. The molecule has 0 unspecified atom stereocenters. The van der Waals surface area contributed by atoms with Crippen LogP contribution in [0.15, 0.2) is 24.3 Å². The van der Waals surface area contributed by atoms with Crippen molar-refractivity contribution in [1.82, 2.24) is 5.32 Å². The molecule has 0 aromatic heterocycles. The normalized spacial score (nSPS) is 10.3. The molecule has 2 aromatic rings. The molecule has 132 valence electrons. The van der Waals surface area contributed by atoms with E-state index in [9.17, 15) is 27.2 Å². The van der Waals surface area contributed by atoms with Crippen LogP contribution in [0, 0.1) is 23.3 Å². The van der Waals surface area contributed by atoms with Crippen LogP contribution in [-0.2, 0) is 0 Å². The van der Waals surface area contributed by atoms with Crippen molar-refractivity contribution in [2.45, 2.75) is 0 Å². The summed E-state index contributed by atoms with van der Waals surface area (Å²) in [6.45, 7) is 0. The van der Waals surface area contributed by atoms with Gasteiger partial charge in [-0.15, -0.1) is 0 Å². The maximum atomic E-state index is 13.7. The van der Waals surface area contributed by atoms with Crippen LogP contribution in [0.1, 0.15) is 20.7 Å². The predicted octanol–water partition coefficient (Wildman–Crippen LogP) is 2.86. The van der Waals surface area contributed by atoms with Gasteiger partial charge < -0.3 is 15.4 Å². The predicted molar refractivity (Wildman–Crippen MR) is 80.6 cm³/mol. The molecule has 0 heterocycles. The van der Waals surface area contributed by atoms with Gasteiger partial charge in [-0.25, -0.2) is 17.6 Å². The molecular weight excluding hydrogens is 344 g/mol. The van der Waals surface area contributed by atoms with E-state index in [4.69, 9.17) is 4.74 Å². The smallest absolute Gasteiger partial charge is 0.258 e. The van der Waals surface area contributed by atoms with Gasteiger partial charge in [0.05, 0.1) is 18.4 Å². The molecule has 5 nitrogen and oxygen atoms in total. The molecule has 0 atom stereocenters. The van der Waals surface area contributed by atoms with Crippen LogP contribution >= 0.6 is 0 Å². The maximum Gasteiger partial charge on any atom is 0.258 e. The zero-order valence-electron chi connectivity index (χ0n) is 13.0. The highest BCUT2D eigenvalue weighted by Gasteiger charge is 2.24. The summed E-state index contributed by atoms with van der Waals surface area (Å²) in [5, 5.41) is 4.54. The zero-order chi connectivity index (χ0) is 18.7. The molecule has 0 fully saturated rings. The lowest BCUT2D eigenvalue weighted by Crippen LogP contribution is -2.19. The van der Waals surface area contributed by atoms with Crippen LogP contribution in [-0.4, -0.2) is 26.0 Å². The fraction of sp³-hybridized carbons (Fsp3) is 0.125. The van der Waals surface area contributed by atoms with Gasteiger partial charge in [-0.2, -0.15) is 0 Å². The number of carbonyl (C=O) groups is 2. The number of ether oxygens (including phenoxy) is 1. The Bertz CT molecular complexity index is 856. The molecule has 9 heteroatoms. The topological polar surface area (TPSA) is 67.4 Å². The molecule has 0 saturated heterocycles. The third-order valence-corrected chi connectivity index (χ3v) is 3.28. The zero-order valence-corrected chi connectivity index (χ0v) is 13.0. The highest BCUT2D eigenvalue weighted by Crippen LogP contribution is 2.27. The summed E-state index contributed by atoms with van der Waals surface area (Å²) in [6.07, 6.45) is 0. The fourth-order valence-electron chi connectivity index (χ4n) is 2.02. The van der Waals surface area contributed by atoms with E-state index < -0.39 is 40.6 Å². The molecule has 0 aliphatic heterocycles. The molecular formula is C16H12F4N2O3. The first-order valence-corrected chi connectivity index (χ1v) is 6.84. The third-order valence-electron chi connectivity index (χ3n) is 3.28. The van der Waals surface area contributed by atoms with Gasteiger partial charge in [-0.05, 0) is 24.3 Å². The Morgan fingerprint density at radius 2 is 1.64 bits per heavy atom. The minimum atomic E-state index is -2.10. The second-order valence-electron chi connectivity index (χ2n) is 4.80. The van der Waals surface area contributed by atoms with Gasteiger partial charge in [-0.1, -0.05) is 0 Å². The summed E-state index contributed by atoms with van der Waals surface area (Å²) < 4.78 is 58.2. The molecule has 2 aromatic carbocycles. The van der Waals surface area contributed by atoms with E-state index >= 15 is 0 Å². The highest BCUT2D eigenvalue weighted by molar-refractivity contribution is 6.06. The number of amides is 2. The molecule has 2 N–H and O–H groups in total. The van der Waals surface area contributed by atoms with Crippen LogP contribution in [0.25, 0.3) is 0 Å². The fourth-order valence-corrected chi connectivity index (χ4v) is 2.02. The van der Waals surface area contributed by atoms with E-state index in [0.29, 0.717) is 0 Å². The van der Waals surface area contributed by atoms with Gasteiger partial charge in [0.1, 0.15) is 5.75 Å². The molecule has 0 aliphatic rings. The van der Waals surface area contributed by atoms with Crippen molar-refractivity contribution in [3.8, 4) is 5.75 Å². The first-order valence-electron chi connectivity index (χ1n) is 6.84. The standard InChI is InChI=1S/C16H12F4N2O3/c1-21-15(23)7-3-4-11(25-2)10(5-7)22-16(24)8-6-9(17)13(19)14(20)12(8)18/h3-6H,1-2H3,(H,21,23)(H,22,24). The number of hydrogen-bond donors (Lipinski definition) is 2. The van der Waals surface area contributed by atoms with E-state index in [1.807, 2.05) is 0 Å². The quantitative estimate of drug-likeness (QED) is 0.503. The number of halogens is 4. The molecule has 0 spiro atoms. The molecule has 25 heavy (non-hydrogen) atoms. The van der Waals surface area contributed by atoms with Crippen molar-refractivity contribution in [2.24, 2.45) is 0 Å². The first-order chi connectivity index (χ1) is 11.8. The van der Waals surface area contributed by atoms with Gasteiger partial charge in [-0.3, -0.25) is 9.59 Å². The Morgan fingerprint density at radius 1 is 0.960 bits per heavy atom. The number of benzene rings is 2. The summed E-state index contributed by atoms with van der Waals surface area (Å²) >= 11 is 0. The summed E-state index contributed by atoms with van der Waals surface area (Å²) in [5.41, 5.74) is -0.933. The van der Waals surface area contributed by atoms with Crippen molar-refractivity contribution >= 4 is 17.5 Å². The van der Waals surface area contributed by atoms with Crippen LogP contribution in [0.4, 0.5) is 23.2 Å². The Labute approximate surface area is 139 Å².